The predicted octanol–water partition coefficient (Wildman–Crippen LogP) is 1.90. The van der Waals surface area contributed by atoms with Crippen LogP contribution in [0.2, 0.25) is 0 Å². The zero-order chi connectivity index (χ0) is 17.9. The molecule has 0 aromatic heterocycles. The average Bonchev–Trinajstić information content (AvgIpc) is 3.12. The van der Waals surface area contributed by atoms with Gasteiger partial charge in [-0.25, -0.2) is 5.43 Å². The van der Waals surface area contributed by atoms with Gasteiger partial charge in [0.15, 0.2) is 0 Å². The van der Waals surface area contributed by atoms with Crippen LogP contribution >= 0.6 is 0 Å². The summed E-state index contributed by atoms with van der Waals surface area (Å²) in [5.41, 5.74) is 7.37. The molecular weight excluding hydrogens is 328 g/mol. The van der Waals surface area contributed by atoms with Crippen molar-refractivity contribution in [3.8, 4) is 0 Å². The lowest BCUT2D eigenvalue weighted by Gasteiger charge is -2.35. The van der Waals surface area contributed by atoms with Gasteiger partial charge in [0.2, 0.25) is 11.8 Å². The Labute approximate surface area is 154 Å². The topological polar surface area (TPSA) is 73.5 Å². The molecule has 3 fully saturated rings. The molecule has 0 spiro atoms. The Bertz CT molecular complexity index is 650. The molecule has 26 heavy (non-hydrogen) atoms. The summed E-state index contributed by atoms with van der Waals surface area (Å²) in [7, 11) is 0. The first-order valence-electron chi connectivity index (χ1n) is 9.88. The van der Waals surface area contributed by atoms with Gasteiger partial charge in [-0.05, 0) is 37.8 Å². The van der Waals surface area contributed by atoms with Gasteiger partial charge < -0.3 is 10.2 Å². The minimum absolute atomic E-state index is 0.0155. The number of rotatable bonds is 3. The molecule has 2 saturated heterocycles. The maximum absolute atomic E-state index is 13.1. The zero-order valence-corrected chi connectivity index (χ0v) is 15.1. The van der Waals surface area contributed by atoms with E-state index in [2.05, 4.69) is 16.2 Å². The number of para-hydroxylation sites is 1. The van der Waals surface area contributed by atoms with E-state index in [1.807, 2.05) is 35.2 Å². The van der Waals surface area contributed by atoms with Gasteiger partial charge in [0.25, 0.3) is 0 Å². The maximum Gasteiger partial charge on any atom is 0.241 e. The van der Waals surface area contributed by atoms with E-state index in [0.717, 1.165) is 37.9 Å². The summed E-state index contributed by atoms with van der Waals surface area (Å²) in [6.45, 7) is 1.27. The molecule has 0 radical (unpaired) electrons. The number of nitrogens with one attached hydrogen (secondary N) is 3. The van der Waals surface area contributed by atoms with Crippen molar-refractivity contribution in [1.82, 2.24) is 15.8 Å². The first kappa shape index (κ1) is 17.5. The number of piperidine rings is 1. The zero-order valence-electron chi connectivity index (χ0n) is 15.1. The van der Waals surface area contributed by atoms with Gasteiger partial charge >= 0.3 is 0 Å². The van der Waals surface area contributed by atoms with Crippen molar-refractivity contribution in [3.63, 3.8) is 0 Å². The highest BCUT2D eigenvalue weighted by Crippen LogP contribution is 2.31. The normalized spacial score (nSPS) is 31.3. The highest BCUT2D eigenvalue weighted by Gasteiger charge is 2.43. The number of hydrogen-bond donors (Lipinski definition) is 3. The number of benzene rings is 1. The fourth-order valence-electron chi connectivity index (χ4n) is 4.64. The second-order valence-electron chi connectivity index (χ2n) is 7.80. The summed E-state index contributed by atoms with van der Waals surface area (Å²) in [6.07, 6.45) is 6.41. The second kappa shape index (κ2) is 7.76. The van der Waals surface area contributed by atoms with Crippen LogP contribution in [0.5, 0.6) is 0 Å². The van der Waals surface area contributed by atoms with Gasteiger partial charge in [0.05, 0.1) is 5.92 Å². The number of hydrazine groups is 1. The summed E-state index contributed by atoms with van der Waals surface area (Å²) in [6, 6.07) is 9.80. The predicted molar refractivity (Wildman–Crippen MR) is 100 cm³/mol. The first-order chi connectivity index (χ1) is 12.7. The number of carbonyl (C=O) groups excluding carboxylic acids is 2. The molecule has 4 rings (SSSR count). The smallest absolute Gasteiger partial charge is 0.241 e. The van der Waals surface area contributed by atoms with Crippen LogP contribution in [0.4, 0.5) is 5.69 Å². The van der Waals surface area contributed by atoms with Crippen LogP contribution in [0.3, 0.4) is 0 Å². The molecule has 1 saturated carbocycles. The Balaban J connectivity index is 1.37. The van der Waals surface area contributed by atoms with E-state index in [1.165, 1.54) is 12.8 Å². The standard InChI is InChI=1S/C20H28N4O2/c25-19(21-15-8-2-1-3-9-15)14-7-6-12-24(13-14)20(26)18-16-10-4-5-11-17(16)22-23-18/h1-3,8-9,14,16-18,22-23H,4-7,10-13H2,(H,21,25). The molecule has 2 aliphatic heterocycles. The second-order valence-corrected chi connectivity index (χ2v) is 7.80. The van der Waals surface area contributed by atoms with Gasteiger partial charge in [0.1, 0.15) is 6.04 Å². The van der Waals surface area contributed by atoms with Crippen molar-refractivity contribution in [3.05, 3.63) is 30.3 Å². The summed E-state index contributed by atoms with van der Waals surface area (Å²) >= 11 is 0. The number of hydrogen-bond acceptors (Lipinski definition) is 4. The van der Waals surface area contributed by atoms with E-state index in [-0.39, 0.29) is 23.8 Å². The molecule has 3 aliphatic rings. The van der Waals surface area contributed by atoms with Crippen LogP contribution in [0.15, 0.2) is 30.3 Å². The fourth-order valence-corrected chi connectivity index (χ4v) is 4.64. The lowest BCUT2D eigenvalue weighted by Crippen LogP contribution is -2.52. The Kier molecular flexibility index (Phi) is 5.22. The van der Waals surface area contributed by atoms with Crippen LogP contribution in [0.1, 0.15) is 38.5 Å². The third-order valence-corrected chi connectivity index (χ3v) is 6.08. The summed E-state index contributed by atoms with van der Waals surface area (Å²) in [5.74, 6) is 0.421. The molecule has 140 valence electrons. The molecule has 2 heterocycles. The number of amides is 2. The van der Waals surface area contributed by atoms with Crippen molar-refractivity contribution in [1.29, 1.82) is 0 Å². The Morgan fingerprint density at radius 2 is 1.81 bits per heavy atom. The van der Waals surface area contributed by atoms with Gasteiger partial charge in [-0.15, -0.1) is 0 Å². The molecule has 1 aromatic carbocycles. The molecule has 6 nitrogen and oxygen atoms in total. The SMILES string of the molecule is O=C(Nc1ccccc1)C1CCCN(C(=O)C2NNC3CCCCC32)C1. The number of carbonyl (C=O) groups is 2. The van der Waals surface area contributed by atoms with Crippen LogP contribution in [0, 0.1) is 11.8 Å². The quantitative estimate of drug-likeness (QED) is 0.773. The van der Waals surface area contributed by atoms with Crippen molar-refractivity contribution < 1.29 is 9.59 Å². The Hall–Kier alpha value is -1.92. The first-order valence-corrected chi connectivity index (χ1v) is 9.88. The average molecular weight is 356 g/mol. The van der Waals surface area contributed by atoms with Crippen LogP contribution in [-0.4, -0.2) is 41.9 Å². The van der Waals surface area contributed by atoms with Gasteiger partial charge in [-0.3, -0.25) is 15.0 Å². The van der Waals surface area contributed by atoms with E-state index in [4.69, 9.17) is 0 Å². The van der Waals surface area contributed by atoms with E-state index >= 15 is 0 Å². The maximum atomic E-state index is 13.1. The Morgan fingerprint density at radius 3 is 2.65 bits per heavy atom. The van der Waals surface area contributed by atoms with Crippen molar-refractivity contribution in [2.45, 2.75) is 50.6 Å². The molecule has 1 aromatic rings. The molecule has 6 heteroatoms. The van der Waals surface area contributed by atoms with E-state index in [1.54, 1.807) is 0 Å². The largest absolute Gasteiger partial charge is 0.340 e. The minimum Gasteiger partial charge on any atom is -0.340 e. The van der Waals surface area contributed by atoms with E-state index in [9.17, 15) is 9.59 Å². The number of likely N-dealkylation sites (tertiary alicyclic amines) is 1. The van der Waals surface area contributed by atoms with Crippen LogP contribution in [0.25, 0.3) is 0 Å². The summed E-state index contributed by atoms with van der Waals surface area (Å²) < 4.78 is 0. The van der Waals surface area contributed by atoms with Gasteiger partial charge in [-0.2, -0.15) is 0 Å². The highest BCUT2D eigenvalue weighted by molar-refractivity contribution is 5.93. The summed E-state index contributed by atoms with van der Waals surface area (Å²) in [5, 5.41) is 2.98. The number of anilines is 1. The molecule has 3 N–H and O–H groups in total. The van der Waals surface area contributed by atoms with E-state index in [0.29, 0.717) is 18.5 Å². The lowest BCUT2D eigenvalue weighted by molar-refractivity contribution is -0.137. The molecule has 0 bridgehead atoms. The van der Waals surface area contributed by atoms with Crippen molar-refractivity contribution >= 4 is 17.5 Å². The fraction of sp³-hybridized carbons (Fsp3) is 0.600. The third kappa shape index (κ3) is 3.62. The van der Waals surface area contributed by atoms with Crippen molar-refractivity contribution in [2.24, 2.45) is 11.8 Å². The molecular formula is C20H28N4O2. The molecule has 2 amide bonds. The van der Waals surface area contributed by atoms with Crippen LogP contribution < -0.4 is 16.2 Å². The summed E-state index contributed by atoms with van der Waals surface area (Å²) in [4.78, 5) is 27.6. The third-order valence-electron chi connectivity index (χ3n) is 6.08. The number of nitrogens with zero attached hydrogens (tertiary/aromatic N) is 1. The monoisotopic (exact) mass is 356 g/mol. The molecule has 4 atom stereocenters. The highest BCUT2D eigenvalue weighted by atomic mass is 16.2. The lowest BCUT2D eigenvalue weighted by atomic mass is 9.81. The van der Waals surface area contributed by atoms with Gasteiger partial charge in [-0.1, -0.05) is 31.0 Å². The molecule has 1 aliphatic carbocycles. The van der Waals surface area contributed by atoms with E-state index < -0.39 is 0 Å². The molecule has 4 unspecified atom stereocenters. The van der Waals surface area contributed by atoms with Crippen LogP contribution in [-0.2, 0) is 9.59 Å². The Morgan fingerprint density at radius 1 is 1.00 bits per heavy atom. The van der Waals surface area contributed by atoms with Gasteiger partial charge in [0, 0.05) is 30.7 Å². The van der Waals surface area contributed by atoms with Crippen molar-refractivity contribution in [2.75, 3.05) is 18.4 Å². The minimum atomic E-state index is -0.142. The number of fused-ring (bicyclic) bond motifs is 1.